The summed E-state index contributed by atoms with van der Waals surface area (Å²) in [6.07, 6.45) is 1.01. The zero-order valence-corrected chi connectivity index (χ0v) is 22.7. The molecule has 0 aliphatic carbocycles. The van der Waals surface area contributed by atoms with Crippen LogP contribution in [0.3, 0.4) is 0 Å². The summed E-state index contributed by atoms with van der Waals surface area (Å²) < 4.78 is 0. The van der Waals surface area contributed by atoms with Crippen LogP contribution in [-0.4, -0.2) is 63.6 Å². The number of aromatic nitrogens is 1. The molecule has 2 amide bonds. The van der Waals surface area contributed by atoms with E-state index in [4.69, 9.17) is 10.4 Å². The van der Waals surface area contributed by atoms with E-state index in [0.717, 1.165) is 16.5 Å². The smallest absolute Gasteiger partial charge is 0.305 e. The lowest BCUT2D eigenvalue weighted by Crippen LogP contribution is -2.68. The predicted octanol–water partition coefficient (Wildman–Crippen LogP) is 1.31. The number of benzene rings is 2. The molecule has 214 valence electrons. The van der Waals surface area contributed by atoms with Crippen molar-refractivity contribution in [2.75, 3.05) is 6.54 Å². The van der Waals surface area contributed by atoms with E-state index in [9.17, 15) is 24.3 Å². The topological polar surface area (TPSA) is 186 Å². The third-order valence-electron chi connectivity index (χ3n) is 7.02. The molecule has 3 atom stereocenters. The number of aliphatic carboxylic acids is 1. The summed E-state index contributed by atoms with van der Waals surface area (Å²) in [7, 11) is 0. The average Bonchev–Trinajstić information content (AvgIpc) is 3.57. The molecule has 0 saturated heterocycles. The fourth-order valence-electron chi connectivity index (χ4n) is 4.92. The van der Waals surface area contributed by atoms with Gasteiger partial charge in [-0.25, -0.2) is 0 Å². The molecule has 41 heavy (non-hydrogen) atoms. The number of fused-ring (bicyclic) bond motifs is 1. The summed E-state index contributed by atoms with van der Waals surface area (Å²) in [5.74, 6) is -3.20. The second-order valence-electron chi connectivity index (χ2n) is 10.4. The number of amides is 2. The minimum absolute atomic E-state index is 0.0169. The van der Waals surface area contributed by atoms with Gasteiger partial charge < -0.3 is 36.2 Å². The first kappa shape index (κ1) is 29.1. The van der Waals surface area contributed by atoms with Crippen LogP contribution >= 0.6 is 0 Å². The summed E-state index contributed by atoms with van der Waals surface area (Å²) in [4.78, 5) is 59.9. The molecule has 1 aliphatic heterocycles. The first-order valence-corrected chi connectivity index (χ1v) is 13.2. The molecule has 2 aromatic carbocycles. The van der Waals surface area contributed by atoms with Gasteiger partial charge >= 0.3 is 5.97 Å². The number of H-pyrrole nitrogens is 1. The van der Waals surface area contributed by atoms with Crippen molar-refractivity contribution in [1.82, 2.24) is 15.6 Å². The molecule has 1 aliphatic rings. The lowest BCUT2D eigenvalue weighted by atomic mass is 9.84. The minimum atomic E-state index is -1.61. The van der Waals surface area contributed by atoms with E-state index in [2.05, 4.69) is 20.8 Å². The zero-order chi connectivity index (χ0) is 29.6. The number of Topliss-reactive ketones (excluding diaryl/α,β-unsaturated/α-hetero) is 1. The standard InChI is InChI=1S/C29H32N6O6/c1-17(2)26(34-27(39)20-15-31-21-11-7-6-10-19(20)21)23-14-29(41-35-23,13-18-8-4-3-5-9-18)28(40)33-22(12-25(37)38)24(36)16-32-30/h3-11,15,17,22,26,31-32H,12-14,16H2,1-2H3,(H,33,40)(H,34,39)(H,37,38)/t22-,26?,29?/m0/s1. The molecule has 12 heteroatoms. The van der Waals surface area contributed by atoms with Crippen molar-refractivity contribution in [2.24, 2.45) is 11.1 Å². The van der Waals surface area contributed by atoms with Crippen LogP contribution in [0.15, 0.2) is 65.9 Å². The van der Waals surface area contributed by atoms with Crippen molar-refractivity contribution < 1.29 is 34.2 Å². The molecule has 12 nitrogen and oxygen atoms in total. The molecule has 0 saturated carbocycles. The maximum atomic E-state index is 13.7. The number of carbonyl (C=O) groups excluding carboxylic acids is 3. The fraction of sp³-hybridized carbons (Fsp3) is 0.345. The Morgan fingerprint density at radius 3 is 2.49 bits per heavy atom. The highest BCUT2D eigenvalue weighted by Crippen LogP contribution is 2.32. The summed E-state index contributed by atoms with van der Waals surface area (Å²) >= 11 is 0. The Balaban J connectivity index is 1.60. The number of hydrogen-bond acceptors (Lipinski definition) is 6. The third-order valence-corrected chi connectivity index (χ3v) is 7.02. The summed E-state index contributed by atoms with van der Waals surface area (Å²) in [5, 5.41) is 21.5. The SMILES string of the molecule is CC(C)C(NC(=O)c1c[nH]c2ccccc12)C1=NOC(Cc2ccccc2)(C(=O)N[C@@H](CC(=O)O)C(=O)C[NH+]=[N-])C1. The number of carboxylic acid groups (broad SMARTS) is 1. The van der Waals surface area contributed by atoms with Gasteiger partial charge in [0.2, 0.25) is 11.4 Å². The Bertz CT molecular complexity index is 1480. The van der Waals surface area contributed by atoms with Crippen LogP contribution in [0.1, 0.15) is 42.6 Å². The maximum absolute atomic E-state index is 13.7. The van der Waals surface area contributed by atoms with Gasteiger partial charge in [0, 0.05) is 29.9 Å². The fourth-order valence-corrected chi connectivity index (χ4v) is 4.92. The lowest BCUT2D eigenvalue weighted by Gasteiger charge is -2.28. The molecule has 0 bridgehead atoms. The Hall–Kier alpha value is -4.87. The highest BCUT2D eigenvalue weighted by molar-refractivity contribution is 6.09. The van der Waals surface area contributed by atoms with Crippen molar-refractivity contribution in [1.29, 1.82) is 0 Å². The first-order valence-electron chi connectivity index (χ1n) is 13.2. The lowest BCUT2D eigenvalue weighted by molar-refractivity contribution is -0.467. The molecule has 4 rings (SSSR count). The average molecular weight is 561 g/mol. The number of aromatic amines is 1. The van der Waals surface area contributed by atoms with Crippen LogP contribution in [0.25, 0.3) is 16.4 Å². The van der Waals surface area contributed by atoms with Gasteiger partial charge in [0.25, 0.3) is 11.8 Å². The summed E-state index contributed by atoms with van der Waals surface area (Å²) in [6.45, 7) is 3.26. The van der Waals surface area contributed by atoms with Gasteiger partial charge in [0.1, 0.15) is 6.04 Å². The van der Waals surface area contributed by atoms with Crippen molar-refractivity contribution in [3.8, 4) is 0 Å². The Morgan fingerprint density at radius 1 is 1.10 bits per heavy atom. The van der Waals surface area contributed by atoms with Crippen LogP contribution in [-0.2, 0) is 25.6 Å². The maximum Gasteiger partial charge on any atom is 0.305 e. The Labute approximate surface area is 236 Å². The van der Waals surface area contributed by atoms with Crippen LogP contribution in [0, 0.1) is 5.92 Å². The van der Waals surface area contributed by atoms with Crippen molar-refractivity contribution >= 4 is 40.2 Å². The minimum Gasteiger partial charge on any atom is -0.508 e. The van der Waals surface area contributed by atoms with Gasteiger partial charge in [-0.2, -0.15) is 0 Å². The van der Waals surface area contributed by atoms with Crippen LogP contribution in [0.4, 0.5) is 0 Å². The highest BCUT2D eigenvalue weighted by Gasteiger charge is 2.49. The number of para-hydroxylation sites is 1. The van der Waals surface area contributed by atoms with E-state index >= 15 is 0 Å². The number of carbonyl (C=O) groups is 4. The third kappa shape index (κ3) is 6.65. The van der Waals surface area contributed by atoms with Crippen LogP contribution in [0.2, 0.25) is 0 Å². The molecule has 2 heterocycles. The zero-order valence-electron chi connectivity index (χ0n) is 22.7. The van der Waals surface area contributed by atoms with E-state index in [1.165, 1.54) is 0 Å². The predicted molar refractivity (Wildman–Crippen MR) is 149 cm³/mol. The monoisotopic (exact) mass is 560 g/mol. The van der Waals surface area contributed by atoms with E-state index in [1.54, 1.807) is 23.4 Å². The number of oxime groups is 1. The van der Waals surface area contributed by atoms with Gasteiger partial charge in [0.05, 0.1) is 23.7 Å². The molecule has 3 aromatic rings. The molecule has 0 radical (unpaired) electrons. The van der Waals surface area contributed by atoms with Gasteiger partial charge in [-0.3, -0.25) is 19.2 Å². The Kier molecular flexibility index (Phi) is 8.91. The second-order valence-corrected chi connectivity index (χ2v) is 10.4. The quantitative estimate of drug-likeness (QED) is 0.196. The van der Waals surface area contributed by atoms with Gasteiger partial charge in [-0.05, 0) is 17.5 Å². The largest absolute Gasteiger partial charge is 0.508 e. The van der Waals surface area contributed by atoms with Gasteiger partial charge in [-0.15, -0.1) is 0 Å². The van der Waals surface area contributed by atoms with Gasteiger partial charge in [-0.1, -0.05) is 67.5 Å². The van der Waals surface area contributed by atoms with Crippen molar-refractivity contribution in [3.05, 3.63) is 77.5 Å². The Morgan fingerprint density at radius 2 is 1.80 bits per heavy atom. The molecular weight excluding hydrogens is 528 g/mol. The highest BCUT2D eigenvalue weighted by atomic mass is 16.7. The molecule has 5 N–H and O–H groups in total. The molecule has 2 unspecified atom stereocenters. The van der Waals surface area contributed by atoms with E-state index in [0.29, 0.717) is 11.3 Å². The number of nitrogens with zero attached hydrogens (tertiary/aromatic N) is 2. The van der Waals surface area contributed by atoms with Gasteiger partial charge in [0.15, 0.2) is 6.54 Å². The summed E-state index contributed by atoms with van der Waals surface area (Å²) in [6, 6.07) is 14.5. The normalized spacial score (nSPS) is 17.8. The van der Waals surface area contributed by atoms with Crippen LogP contribution < -0.4 is 15.7 Å². The number of ketones is 1. The van der Waals surface area contributed by atoms with E-state index in [1.807, 2.05) is 56.3 Å². The molecule has 0 spiro atoms. The summed E-state index contributed by atoms with van der Waals surface area (Å²) in [5.41, 5.74) is 9.80. The van der Waals surface area contributed by atoms with Crippen molar-refractivity contribution in [3.63, 3.8) is 0 Å². The number of hydrogen-bond donors (Lipinski definition) is 5. The first-order chi connectivity index (χ1) is 19.6. The molecule has 1 aromatic heterocycles. The molecule has 0 fully saturated rings. The number of carboxylic acids is 1. The van der Waals surface area contributed by atoms with Crippen LogP contribution in [0.5, 0.6) is 0 Å². The number of nitrogens with one attached hydrogen (secondary N) is 4. The molecular formula is C29H32N6O6. The number of rotatable bonds is 13. The second kappa shape index (κ2) is 12.5. The van der Waals surface area contributed by atoms with E-state index in [-0.39, 0.29) is 24.7 Å². The van der Waals surface area contributed by atoms with E-state index < -0.39 is 48.3 Å². The van der Waals surface area contributed by atoms with Crippen molar-refractivity contribution in [2.45, 2.75) is 50.8 Å².